The van der Waals surface area contributed by atoms with Gasteiger partial charge in [-0.15, -0.1) is 0 Å². The molecule has 2 aromatic carbocycles. The highest BCUT2D eigenvalue weighted by Gasteiger charge is 2.35. The molecule has 2 unspecified atom stereocenters. The van der Waals surface area contributed by atoms with E-state index in [1.54, 1.807) is 0 Å². The number of benzene rings is 2. The van der Waals surface area contributed by atoms with Gasteiger partial charge in [-0.3, -0.25) is 4.98 Å². The number of aromatic nitrogens is 1. The number of fused-ring (bicyclic) bond motifs is 1. The number of ether oxygens (including phenoxy) is 1. The van der Waals surface area contributed by atoms with Crippen molar-refractivity contribution in [2.45, 2.75) is 51.2 Å². The summed E-state index contributed by atoms with van der Waals surface area (Å²) >= 11 is 0. The number of nitrogens with zero attached hydrogens (tertiary/aromatic N) is 2. The van der Waals surface area contributed by atoms with Crippen molar-refractivity contribution < 1.29 is 9.53 Å². The Labute approximate surface area is 183 Å². The number of aryl methyl sites for hydroxylation is 1. The Morgan fingerprint density at radius 2 is 1.87 bits per heavy atom. The third-order valence-electron chi connectivity index (χ3n) is 6.71. The summed E-state index contributed by atoms with van der Waals surface area (Å²) in [4.78, 5) is 18.0. The van der Waals surface area contributed by atoms with Crippen LogP contribution in [0.5, 0.6) is 5.75 Å². The number of carbonyl (C=O) groups is 1. The summed E-state index contributed by atoms with van der Waals surface area (Å²) in [6, 6.07) is 16.8. The van der Waals surface area contributed by atoms with Gasteiger partial charge in [-0.25, -0.2) is 4.79 Å². The molecule has 0 radical (unpaired) electrons. The van der Waals surface area contributed by atoms with E-state index in [0.717, 1.165) is 36.6 Å². The standard InChI is InChI=1S/C26H29N3O2/c1-17-25-9-6-20(15-21(25)10-12-28-17)19-4-7-23(8-5-19)31-24-11-13-29(26(27)30)22(16-24)14-18-2-3-18/h4-10,12,15,18,22,24H,2-3,11,13-14,16H2,1H3,(H2,27,30). The minimum atomic E-state index is -0.296. The lowest BCUT2D eigenvalue weighted by Gasteiger charge is -2.38. The summed E-state index contributed by atoms with van der Waals surface area (Å²) in [5.74, 6) is 1.64. The number of pyridine rings is 1. The maximum Gasteiger partial charge on any atom is 0.315 e. The monoisotopic (exact) mass is 415 g/mol. The van der Waals surface area contributed by atoms with E-state index in [9.17, 15) is 4.79 Å². The van der Waals surface area contributed by atoms with Gasteiger partial charge in [0.05, 0.1) is 0 Å². The van der Waals surface area contributed by atoms with Crippen molar-refractivity contribution in [3.63, 3.8) is 0 Å². The van der Waals surface area contributed by atoms with E-state index in [-0.39, 0.29) is 18.2 Å². The minimum Gasteiger partial charge on any atom is -0.490 e. The number of carbonyl (C=O) groups excluding carboxylic acids is 1. The van der Waals surface area contributed by atoms with Crippen LogP contribution in [0.25, 0.3) is 21.9 Å². The minimum absolute atomic E-state index is 0.126. The van der Waals surface area contributed by atoms with Gasteiger partial charge >= 0.3 is 6.03 Å². The van der Waals surface area contributed by atoms with Crippen LogP contribution in [0.15, 0.2) is 54.7 Å². The number of amides is 2. The highest BCUT2D eigenvalue weighted by atomic mass is 16.5. The fourth-order valence-electron chi connectivity index (χ4n) is 4.80. The smallest absolute Gasteiger partial charge is 0.315 e. The molecule has 1 aliphatic carbocycles. The van der Waals surface area contributed by atoms with Crippen LogP contribution in [0.3, 0.4) is 0 Å². The van der Waals surface area contributed by atoms with Gasteiger partial charge in [0.2, 0.25) is 0 Å². The molecule has 2 amide bonds. The Balaban J connectivity index is 1.27. The van der Waals surface area contributed by atoms with Gasteiger partial charge in [0.15, 0.2) is 0 Å². The lowest BCUT2D eigenvalue weighted by atomic mass is 9.95. The van der Waals surface area contributed by atoms with Crippen molar-refractivity contribution in [2.75, 3.05) is 6.54 Å². The molecule has 2 N–H and O–H groups in total. The molecule has 2 fully saturated rings. The first-order chi connectivity index (χ1) is 15.1. The van der Waals surface area contributed by atoms with Gasteiger partial charge in [-0.1, -0.05) is 37.1 Å². The highest BCUT2D eigenvalue weighted by molar-refractivity contribution is 5.88. The average molecular weight is 416 g/mol. The number of nitrogens with two attached hydrogens (primary N) is 1. The summed E-state index contributed by atoms with van der Waals surface area (Å²) in [7, 11) is 0. The first-order valence-electron chi connectivity index (χ1n) is 11.3. The molecule has 31 heavy (non-hydrogen) atoms. The Hall–Kier alpha value is -3.08. The van der Waals surface area contributed by atoms with Crippen LogP contribution in [0.4, 0.5) is 4.79 Å². The molecule has 2 heterocycles. The predicted octanol–water partition coefficient (Wildman–Crippen LogP) is 5.30. The van der Waals surface area contributed by atoms with Crippen LogP contribution in [0, 0.1) is 12.8 Å². The number of likely N-dealkylation sites (tertiary alicyclic amines) is 1. The van der Waals surface area contributed by atoms with E-state index in [1.165, 1.54) is 34.7 Å². The van der Waals surface area contributed by atoms with Crippen molar-refractivity contribution >= 4 is 16.8 Å². The van der Waals surface area contributed by atoms with Crippen LogP contribution in [-0.4, -0.2) is 34.6 Å². The Morgan fingerprint density at radius 1 is 1.10 bits per heavy atom. The fraction of sp³-hybridized carbons (Fsp3) is 0.385. The molecular formula is C26H29N3O2. The third-order valence-corrected chi connectivity index (χ3v) is 6.71. The molecule has 1 saturated heterocycles. The van der Waals surface area contributed by atoms with Gasteiger partial charge in [0.25, 0.3) is 0 Å². The van der Waals surface area contributed by atoms with Crippen molar-refractivity contribution in [3.8, 4) is 16.9 Å². The zero-order chi connectivity index (χ0) is 21.4. The normalized spacial score (nSPS) is 21.3. The van der Waals surface area contributed by atoms with Crippen LogP contribution < -0.4 is 10.5 Å². The van der Waals surface area contributed by atoms with Crippen LogP contribution in [-0.2, 0) is 0 Å². The largest absolute Gasteiger partial charge is 0.490 e. The van der Waals surface area contributed by atoms with Crippen LogP contribution in [0.1, 0.15) is 37.8 Å². The topological polar surface area (TPSA) is 68.4 Å². The molecule has 0 spiro atoms. The van der Waals surface area contributed by atoms with Crippen molar-refractivity contribution in [1.82, 2.24) is 9.88 Å². The summed E-state index contributed by atoms with van der Waals surface area (Å²) in [5, 5.41) is 2.39. The second-order valence-electron chi connectivity index (χ2n) is 8.99. The summed E-state index contributed by atoms with van der Waals surface area (Å²) in [6.07, 6.45) is 7.28. The number of hydrogen-bond acceptors (Lipinski definition) is 3. The van der Waals surface area contributed by atoms with Gasteiger partial charge in [0, 0.05) is 42.7 Å². The Morgan fingerprint density at radius 3 is 2.61 bits per heavy atom. The summed E-state index contributed by atoms with van der Waals surface area (Å²) in [6.45, 7) is 2.72. The maximum absolute atomic E-state index is 11.8. The summed E-state index contributed by atoms with van der Waals surface area (Å²) < 4.78 is 6.31. The number of hydrogen-bond donors (Lipinski definition) is 1. The van der Waals surface area contributed by atoms with Gasteiger partial charge in [-0.05, 0) is 60.0 Å². The molecular weight excluding hydrogens is 386 g/mol. The lowest BCUT2D eigenvalue weighted by Crippen LogP contribution is -2.51. The van der Waals surface area contributed by atoms with E-state index < -0.39 is 0 Å². The lowest BCUT2D eigenvalue weighted by molar-refractivity contribution is 0.0712. The van der Waals surface area contributed by atoms with Crippen molar-refractivity contribution in [1.29, 1.82) is 0 Å². The van der Waals surface area contributed by atoms with E-state index in [2.05, 4.69) is 41.4 Å². The van der Waals surface area contributed by atoms with Gasteiger partial charge in [0.1, 0.15) is 11.9 Å². The molecule has 1 saturated carbocycles. The SMILES string of the molecule is Cc1nccc2cc(-c3ccc(OC4CCN(C(N)=O)C(CC5CC5)C4)cc3)ccc12. The molecule has 2 aliphatic rings. The molecule has 1 aliphatic heterocycles. The molecule has 2 atom stereocenters. The first-order valence-corrected chi connectivity index (χ1v) is 11.3. The number of primary amides is 1. The Bertz CT molecular complexity index is 1090. The molecule has 5 nitrogen and oxygen atoms in total. The summed E-state index contributed by atoms with van der Waals surface area (Å²) in [5.41, 5.74) is 9.01. The molecule has 3 aromatic rings. The van der Waals surface area contributed by atoms with E-state index >= 15 is 0 Å². The van der Waals surface area contributed by atoms with Crippen molar-refractivity contribution in [2.24, 2.45) is 11.7 Å². The molecule has 0 bridgehead atoms. The van der Waals surface area contributed by atoms with Crippen molar-refractivity contribution in [3.05, 3.63) is 60.4 Å². The second kappa shape index (κ2) is 8.22. The molecule has 5 heteroatoms. The first kappa shape index (κ1) is 19.9. The molecule has 1 aromatic heterocycles. The predicted molar refractivity (Wildman–Crippen MR) is 123 cm³/mol. The average Bonchev–Trinajstić information content (AvgIpc) is 3.58. The third kappa shape index (κ3) is 4.36. The van der Waals surface area contributed by atoms with E-state index in [4.69, 9.17) is 10.5 Å². The van der Waals surface area contributed by atoms with Gasteiger partial charge in [-0.2, -0.15) is 0 Å². The Kier molecular flexibility index (Phi) is 5.26. The van der Waals surface area contributed by atoms with Crippen LogP contribution in [0.2, 0.25) is 0 Å². The number of piperidine rings is 1. The van der Waals surface area contributed by atoms with Gasteiger partial charge < -0.3 is 15.4 Å². The van der Waals surface area contributed by atoms with E-state index in [1.807, 2.05) is 30.2 Å². The van der Waals surface area contributed by atoms with E-state index in [0.29, 0.717) is 6.54 Å². The fourth-order valence-corrected chi connectivity index (χ4v) is 4.80. The quantitative estimate of drug-likeness (QED) is 0.615. The zero-order valence-corrected chi connectivity index (χ0v) is 18.0. The number of rotatable bonds is 5. The maximum atomic E-state index is 11.8. The highest BCUT2D eigenvalue weighted by Crippen LogP contribution is 2.37. The second-order valence-corrected chi connectivity index (χ2v) is 8.99. The zero-order valence-electron chi connectivity index (χ0n) is 18.0. The number of urea groups is 1. The molecule has 160 valence electrons. The molecule has 5 rings (SSSR count). The van der Waals surface area contributed by atoms with Crippen LogP contribution >= 0.6 is 0 Å².